The Labute approximate surface area is 209 Å². The van der Waals surface area contributed by atoms with Gasteiger partial charge in [0.15, 0.2) is 0 Å². The highest BCUT2D eigenvalue weighted by Crippen LogP contribution is 2.33. The van der Waals surface area contributed by atoms with Crippen molar-refractivity contribution in [1.29, 1.82) is 5.26 Å². The molecule has 3 rings (SSSR count). The highest BCUT2D eigenvalue weighted by atomic mass is 79.9. The van der Waals surface area contributed by atoms with Crippen LogP contribution in [0.2, 0.25) is 10.0 Å². The Kier molecular flexibility index (Phi) is 8.51. The lowest BCUT2D eigenvalue weighted by Crippen LogP contribution is -2.13. The second-order valence-electron chi connectivity index (χ2n) is 6.93. The van der Waals surface area contributed by atoms with Crippen LogP contribution < -0.4 is 10.1 Å². The lowest BCUT2D eigenvalue weighted by Gasteiger charge is -2.14. The number of carbonyl (C=O) groups excluding carboxylic acids is 1. The zero-order chi connectivity index (χ0) is 24.0. The van der Waals surface area contributed by atoms with Crippen LogP contribution in [-0.4, -0.2) is 12.5 Å². The van der Waals surface area contributed by atoms with Crippen molar-refractivity contribution in [3.63, 3.8) is 0 Å². The molecule has 3 aromatic carbocycles. The van der Waals surface area contributed by atoms with Crippen molar-refractivity contribution in [2.75, 3.05) is 11.9 Å². The van der Waals surface area contributed by atoms with E-state index in [1.807, 2.05) is 13.0 Å². The van der Waals surface area contributed by atoms with Gasteiger partial charge in [-0.05, 0) is 60.5 Å². The Bertz CT molecular complexity index is 1270. The number of nitrogens with one attached hydrogen (secondary N) is 1. The Morgan fingerprint density at radius 3 is 2.61 bits per heavy atom. The topological polar surface area (TPSA) is 62.1 Å². The van der Waals surface area contributed by atoms with Crippen LogP contribution in [0.3, 0.4) is 0 Å². The van der Waals surface area contributed by atoms with Crippen LogP contribution in [0.5, 0.6) is 5.75 Å². The number of carbonyl (C=O) groups is 1. The van der Waals surface area contributed by atoms with Gasteiger partial charge in [-0.3, -0.25) is 4.79 Å². The van der Waals surface area contributed by atoms with Crippen LogP contribution in [0.4, 0.5) is 10.1 Å². The van der Waals surface area contributed by atoms with Crippen molar-refractivity contribution in [3.8, 4) is 11.8 Å². The summed E-state index contributed by atoms with van der Waals surface area (Å²) >= 11 is 15.4. The van der Waals surface area contributed by atoms with Gasteiger partial charge >= 0.3 is 0 Å². The van der Waals surface area contributed by atoms with Crippen molar-refractivity contribution in [3.05, 3.63) is 97.2 Å². The maximum absolute atomic E-state index is 14.2. The van der Waals surface area contributed by atoms with Crippen LogP contribution in [0, 0.1) is 17.1 Å². The number of halogens is 4. The standard InChI is InChI=1S/C25H18BrCl2FN2O2/c1-2-33-24-11-15(10-20(26)19(24)12-16-5-3-4-6-23(16)29)9-17(14-30)25(32)31-18-7-8-21(27)22(28)13-18/h3-11,13H,2,12H2,1H3,(H,31,32)/b17-9+. The molecule has 4 nitrogen and oxygen atoms in total. The zero-order valence-corrected chi connectivity index (χ0v) is 20.6. The molecule has 0 aliphatic heterocycles. The Morgan fingerprint density at radius 2 is 1.94 bits per heavy atom. The molecule has 1 amide bonds. The number of nitriles is 1. The third kappa shape index (κ3) is 6.35. The van der Waals surface area contributed by atoms with Gasteiger partial charge in [0.1, 0.15) is 23.2 Å². The minimum atomic E-state index is -0.597. The molecule has 33 heavy (non-hydrogen) atoms. The van der Waals surface area contributed by atoms with Crippen molar-refractivity contribution >= 4 is 56.8 Å². The molecule has 0 bridgehead atoms. The quantitative estimate of drug-likeness (QED) is 0.247. The number of ether oxygens (including phenoxy) is 1. The van der Waals surface area contributed by atoms with Crippen LogP contribution in [0.25, 0.3) is 6.08 Å². The fourth-order valence-electron chi connectivity index (χ4n) is 3.09. The number of hydrogen-bond acceptors (Lipinski definition) is 3. The van der Waals surface area contributed by atoms with Crippen LogP contribution >= 0.6 is 39.1 Å². The minimum Gasteiger partial charge on any atom is -0.494 e. The van der Waals surface area contributed by atoms with E-state index >= 15 is 0 Å². The lowest BCUT2D eigenvalue weighted by molar-refractivity contribution is -0.112. The molecule has 0 aliphatic rings. The summed E-state index contributed by atoms with van der Waals surface area (Å²) in [5, 5.41) is 12.8. The molecule has 0 unspecified atom stereocenters. The van der Waals surface area contributed by atoms with Crippen molar-refractivity contribution in [1.82, 2.24) is 0 Å². The highest BCUT2D eigenvalue weighted by Gasteiger charge is 2.15. The summed E-state index contributed by atoms with van der Waals surface area (Å²) in [6, 6.07) is 16.6. The summed E-state index contributed by atoms with van der Waals surface area (Å²) < 4.78 is 20.6. The van der Waals surface area contributed by atoms with Crippen molar-refractivity contribution < 1.29 is 13.9 Å². The van der Waals surface area contributed by atoms with Gasteiger partial charge in [-0.2, -0.15) is 5.26 Å². The average molecular weight is 548 g/mol. The summed E-state index contributed by atoms with van der Waals surface area (Å²) in [7, 11) is 0. The first-order chi connectivity index (χ1) is 15.8. The fourth-order valence-corrected chi connectivity index (χ4v) is 3.99. The molecule has 0 radical (unpaired) electrons. The molecule has 8 heteroatoms. The molecule has 0 heterocycles. The summed E-state index contributed by atoms with van der Waals surface area (Å²) in [5.41, 5.74) is 2.16. The smallest absolute Gasteiger partial charge is 0.266 e. The van der Waals surface area contributed by atoms with Crippen molar-refractivity contribution in [2.24, 2.45) is 0 Å². The van der Waals surface area contributed by atoms with Gasteiger partial charge in [0.05, 0.1) is 16.7 Å². The maximum atomic E-state index is 14.2. The number of amides is 1. The van der Waals surface area contributed by atoms with Gasteiger partial charge < -0.3 is 10.1 Å². The van der Waals surface area contributed by atoms with E-state index in [1.54, 1.807) is 42.5 Å². The Hall–Kier alpha value is -2.85. The van der Waals surface area contributed by atoms with Gasteiger partial charge in [-0.25, -0.2) is 4.39 Å². The summed E-state index contributed by atoms with van der Waals surface area (Å²) in [6.07, 6.45) is 1.77. The minimum absolute atomic E-state index is 0.114. The monoisotopic (exact) mass is 546 g/mol. The van der Waals surface area contributed by atoms with E-state index in [-0.39, 0.29) is 16.4 Å². The van der Waals surface area contributed by atoms with Gasteiger partial charge in [-0.15, -0.1) is 0 Å². The summed E-state index contributed by atoms with van der Waals surface area (Å²) in [4.78, 5) is 12.6. The third-order valence-corrected chi connectivity index (χ3v) is 6.10. The summed E-state index contributed by atoms with van der Waals surface area (Å²) in [6.45, 7) is 2.24. The average Bonchev–Trinajstić information content (AvgIpc) is 2.78. The molecule has 0 saturated carbocycles. The van der Waals surface area contributed by atoms with Crippen molar-refractivity contribution in [2.45, 2.75) is 13.3 Å². The largest absolute Gasteiger partial charge is 0.494 e. The molecule has 0 spiro atoms. The molecular weight excluding hydrogens is 530 g/mol. The molecular formula is C25H18BrCl2FN2O2. The lowest BCUT2D eigenvalue weighted by atomic mass is 10.0. The van der Waals surface area contributed by atoms with E-state index in [1.165, 1.54) is 18.2 Å². The second-order valence-corrected chi connectivity index (χ2v) is 8.60. The Morgan fingerprint density at radius 1 is 1.18 bits per heavy atom. The zero-order valence-electron chi connectivity index (χ0n) is 17.5. The van der Waals surface area contributed by atoms with Crippen LogP contribution in [0.1, 0.15) is 23.6 Å². The van der Waals surface area contributed by atoms with E-state index in [4.69, 9.17) is 27.9 Å². The molecule has 0 atom stereocenters. The first kappa shape index (κ1) is 24.8. The van der Waals surface area contributed by atoms with Crippen LogP contribution in [0.15, 0.2) is 64.6 Å². The number of anilines is 1. The van der Waals surface area contributed by atoms with Crippen LogP contribution in [-0.2, 0) is 11.2 Å². The predicted molar refractivity (Wildman–Crippen MR) is 133 cm³/mol. The van der Waals surface area contributed by atoms with Gasteiger partial charge in [0, 0.05) is 22.1 Å². The molecule has 0 aromatic heterocycles. The SMILES string of the molecule is CCOc1cc(/C=C(\C#N)C(=O)Nc2ccc(Cl)c(Cl)c2)cc(Br)c1Cc1ccccc1F. The number of benzene rings is 3. The molecule has 3 aromatic rings. The molecule has 168 valence electrons. The molecule has 0 fully saturated rings. The van der Waals surface area contributed by atoms with E-state index in [9.17, 15) is 14.4 Å². The predicted octanol–water partition coefficient (Wildman–Crippen LogP) is 7.43. The number of rotatable bonds is 7. The van der Waals surface area contributed by atoms with Gasteiger partial charge in [0.2, 0.25) is 0 Å². The van der Waals surface area contributed by atoms with E-state index in [0.29, 0.717) is 45.1 Å². The second kappa shape index (κ2) is 11.3. The highest BCUT2D eigenvalue weighted by molar-refractivity contribution is 9.10. The van der Waals surface area contributed by atoms with E-state index in [0.717, 1.165) is 5.56 Å². The third-order valence-electron chi connectivity index (χ3n) is 4.66. The Balaban J connectivity index is 1.92. The molecule has 1 N–H and O–H groups in total. The fraction of sp³-hybridized carbons (Fsp3) is 0.120. The first-order valence-electron chi connectivity index (χ1n) is 9.89. The normalized spacial score (nSPS) is 11.1. The molecule has 0 saturated heterocycles. The van der Waals surface area contributed by atoms with E-state index in [2.05, 4.69) is 21.2 Å². The first-order valence-corrected chi connectivity index (χ1v) is 11.4. The number of hydrogen-bond donors (Lipinski definition) is 1. The summed E-state index contributed by atoms with van der Waals surface area (Å²) in [5.74, 6) is -0.370. The number of nitrogens with zero attached hydrogens (tertiary/aromatic N) is 1. The van der Waals surface area contributed by atoms with Gasteiger partial charge in [-0.1, -0.05) is 57.3 Å². The maximum Gasteiger partial charge on any atom is 0.266 e. The molecule has 0 aliphatic carbocycles. The van der Waals surface area contributed by atoms with E-state index < -0.39 is 5.91 Å². The van der Waals surface area contributed by atoms with Gasteiger partial charge in [0.25, 0.3) is 5.91 Å².